The summed E-state index contributed by atoms with van der Waals surface area (Å²) < 4.78 is 0. The summed E-state index contributed by atoms with van der Waals surface area (Å²) >= 11 is 0. The van der Waals surface area contributed by atoms with Gasteiger partial charge in [-0.3, -0.25) is 9.59 Å². The second kappa shape index (κ2) is 5.76. The van der Waals surface area contributed by atoms with E-state index in [0.717, 1.165) is 5.56 Å². The third-order valence-corrected chi connectivity index (χ3v) is 4.02. The summed E-state index contributed by atoms with van der Waals surface area (Å²) in [4.78, 5) is 23.1. The molecule has 0 unspecified atom stereocenters. The number of amides is 1. The van der Waals surface area contributed by atoms with Crippen LogP contribution in [0.4, 0.5) is 0 Å². The predicted octanol–water partition coefficient (Wildman–Crippen LogP) is 1.94. The molecule has 1 saturated carbocycles. The van der Waals surface area contributed by atoms with Crippen molar-refractivity contribution in [2.75, 3.05) is 0 Å². The topological polar surface area (TPSA) is 86.6 Å². The number of aliphatic carboxylic acids is 1. The van der Waals surface area contributed by atoms with Crippen LogP contribution in [-0.4, -0.2) is 28.1 Å². The van der Waals surface area contributed by atoms with E-state index in [1.54, 1.807) is 24.3 Å². The van der Waals surface area contributed by atoms with Gasteiger partial charge < -0.3 is 15.5 Å². The average Bonchev–Trinajstić information content (AvgIpc) is 2.35. The van der Waals surface area contributed by atoms with E-state index in [2.05, 4.69) is 5.32 Å². The minimum absolute atomic E-state index is 0.0299. The first-order chi connectivity index (χ1) is 9.78. The van der Waals surface area contributed by atoms with Crippen molar-refractivity contribution in [3.63, 3.8) is 0 Å². The Morgan fingerprint density at radius 1 is 1.24 bits per heavy atom. The van der Waals surface area contributed by atoms with E-state index < -0.39 is 11.4 Å². The first-order valence-electron chi connectivity index (χ1n) is 7.09. The number of rotatable bonds is 5. The molecule has 3 N–H and O–H groups in total. The van der Waals surface area contributed by atoms with E-state index in [-0.39, 0.29) is 23.6 Å². The molecule has 1 amide bonds. The van der Waals surface area contributed by atoms with Crippen molar-refractivity contribution in [2.24, 2.45) is 11.3 Å². The highest BCUT2D eigenvalue weighted by atomic mass is 16.4. The maximum atomic E-state index is 12.3. The van der Waals surface area contributed by atoms with Gasteiger partial charge in [-0.1, -0.05) is 26.0 Å². The normalized spacial score (nSPS) is 21.4. The van der Waals surface area contributed by atoms with Gasteiger partial charge in [-0.05, 0) is 37.0 Å². The SMILES string of the molecule is CC(C)(Cc1ccc(O)cc1)C(=O)NC1CC(C(=O)O)C1. The number of phenols is 1. The summed E-state index contributed by atoms with van der Waals surface area (Å²) in [7, 11) is 0. The van der Waals surface area contributed by atoms with Crippen molar-refractivity contribution >= 4 is 11.9 Å². The molecule has 2 rings (SSSR count). The molecule has 0 aromatic heterocycles. The molecule has 1 aliphatic carbocycles. The van der Waals surface area contributed by atoms with Crippen molar-refractivity contribution in [1.29, 1.82) is 0 Å². The lowest BCUT2D eigenvalue weighted by molar-refractivity contribution is -0.146. The number of benzene rings is 1. The van der Waals surface area contributed by atoms with E-state index in [1.165, 1.54) is 0 Å². The van der Waals surface area contributed by atoms with Gasteiger partial charge in [0.15, 0.2) is 0 Å². The van der Waals surface area contributed by atoms with Crippen LogP contribution < -0.4 is 5.32 Å². The Hall–Kier alpha value is -2.04. The number of carbonyl (C=O) groups is 2. The van der Waals surface area contributed by atoms with Crippen LogP contribution in [0.1, 0.15) is 32.3 Å². The molecule has 0 atom stereocenters. The Kier molecular flexibility index (Phi) is 4.21. The molecule has 1 fully saturated rings. The van der Waals surface area contributed by atoms with Gasteiger partial charge in [0, 0.05) is 11.5 Å². The van der Waals surface area contributed by atoms with E-state index in [1.807, 2.05) is 13.8 Å². The minimum Gasteiger partial charge on any atom is -0.508 e. The van der Waals surface area contributed by atoms with Gasteiger partial charge >= 0.3 is 5.97 Å². The number of nitrogens with one attached hydrogen (secondary N) is 1. The number of hydrogen-bond acceptors (Lipinski definition) is 3. The molecule has 5 heteroatoms. The van der Waals surface area contributed by atoms with Gasteiger partial charge in [0.1, 0.15) is 5.75 Å². The van der Waals surface area contributed by atoms with Gasteiger partial charge in [-0.15, -0.1) is 0 Å². The Bertz CT molecular complexity index is 530. The van der Waals surface area contributed by atoms with Gasteiger partial charge in [-0.2, -0.15) is 0 Å². The molecule has 0 saturated heterocycles. The average molecular weight is 291 g/mol. The van der Waals surface area contributed by atoms with Gasteiger partial charge in [0.2, 0.25) is 5.91 Å². The highest BCUT2D eigenvalue weighted by molar-refractivity contribution is 5.83. The lowest BCUT2D eigenvalue weighted by Crippen LogP contribution is -2.50. The maximum absolute atomic E-state index is 12.3. The lowest BCUT2D eigenvalue weighted by Gasteiger charge is -2.35. The zero-order valence-electron chi connectivity index (χ0n) is 12.3. The van der Waals surface area contributed by atoms with Crippen LogP contribution in [0, 0.1) is 11.3 Å². The van der Waals surface area contributed by atoms with Crippen molar-refractivity contribution in [2.45, 2.75) is 39.2 Å². The second-order valence-electron chi connectivity index (χ2n) is 6.40. The number of phenolic OH excluding ortho intramolecular Hbond substituents is 1. The Labute approximate surface area is 124 Å². The van der Waals surface area contributed by atoms with Crippen LogP contribution in [0.3, 0.4) is 0 Å². The monoisotopic (exact) mass is 291 g/mol. The van der Waals surface area contributed by atoms with Crippen LogP contribution in [0.5, 0.6) is 5.75 Å². The summed E-state index contributed by atoms with van der Waals surface area (Å²) in [6.07, 6.45) is 1.58. The van der Waals surface area contributed by atoms with Gasteiger partial charge in [-0.25, -0.2) is 0 Å². The summed E-state index contributed by atoms with van der Waals surface area (Å²) in [6.45, 7) is 3.73. The summed E-state index contributed by atoms with van der Waals surface area (Å²) in [5.74, 6) is -0.973. The summed E-state index contributed by atoms with van der Waals surface area (Å²) in [5.41, 5.74) is 0.399. The smallest absolute Gasteiger partial charge is 0.306 e. The predicted molar refractivity (Wildman–Crippen MR) is 77.9 cm³/mol. The molecule has 5 nitrogen and oxygen atoms in total. The van der Waals surface area contributed by atoms with Crippen LogP contribution in [0.25, 0.3) is 0 Å². The zero-order chi connectivity index (χ0) is 15.6. The molecular weight excluding hydrogens is 270 g/mol. The van der Waals surface area contributed by atoms with Crippen LogP contribution in [0.2, 0.25) is 0 Å². The van der Waals surface area contributed by atoms with E-state index in [9.17, 15) is 14.7 Å². The fraction of sp³-hybridized carbons (Fsp3) is 0.500. The fourth-order valence-corrected chi connectivity index (χ4v) is 2.52. The second-order valence-corrected chi connectivity index (χ2v) is 6.40. The molecule has 0 heterocycles. The highest BCUT2D eigenvalue weighted by Gasteiger charge is 2.38. The molecular formula is C16H21NO4. The zero-order valence-corrected chi connectivity index (χ0v) is 12.3. The van der Waals surface area contributed by atoms with E-state index in [4.69, 9.17) is 5.11 Å². The molecule has 114 valence electrons. The third kappa shape index (κ3) is 3.74. The molecule has 0 radical (unpaired) electrons. The molecule has 1 aromatic rings. The van der Waals surface area contributed by atoms with Crippen molar-refractivity contribution in [3.8, 4) is 5.75 Å². The number of aromatic hydroxyl groups is 1. The Morgan fingerprint density at radius 2 is 1.81 bits per heavy atom. The Morgan fingerprint density at radius 3 is 2.33 bits per heavy atom. The summed E-state index contributed by atoms with van der Waals surface area (Å²) in [5, 5.41) is 21.0. The highest BCUT2D eigenvalue weighted by Crippen LogP contribution is 2.30. The molecule has 21 heavy (non-hydrogen) atoms. The number of hydrogen-bond donors (Lipinski definition) is 3. The van der Waals surface area contributed by atoms with Crippen molar-refractivity contribution in [3.05, 3.63) is 29.8 Å². The lowest BCUT2D eigenvalue weighted by atomic mass is 9.78. The van der Waals surface area contributed by atoms with Gasteiger partial charge in [0.05, 0.1) is 5.92 Å². The quantitative estimate of drug-likeness (QED) is 0.773. The molecule has 1 aromatic carbocycles. The first kappa shape index (κ1) is 15.4. The first-order valence-corrected chi connectivity index (χ1v) is 7.09. The number of carboxylic acid groups (broad SMARTS) is 1. The molecule has 0 spiro atoms. The van der Waals surface area contributed by atoms with Crippen molar-refractivity contribution < 1.29 is 19.8 Å². The number of carbonyl (C=O) groups excluding carboxylic acids is 1. The maximum Gasteiger partial charge on any atom is 0.306 e. The number of carboxylic acids is 1. The van der Waals surface area contributed by atoms with Crippen LogP contribution in [0.15, 0.2) is 24.3 Å². The standard InChI is InChI=1S/C16H21NO4/c1-16(2,9-10-3-5-13(18)6-4-10)15(21)17-12-7-11(8-12)14(19)20/h3-6,11-12,18H,7-9H2,1-2H3,(H,17,21)(H,19,20). The van der Waals surface area contributed by atoms with E-state index >= 15 is 0 Å². The molecule has 1 aliphatic rings. The van der Waals surface area contributed by atoms with Crippen LogP contribution >= 0.6 is 0 Å². The molecule has 0 bridgehead atoms. The minimum atomic E-state index is -0.788. The van der Waals surface area contributed by atoms with Crippen molar-refractivity contribution in [1.82, 2.24) is 5.32 Å². The largest absolute Gasteiger partial charge is 0.508 e. The van der Waals surface area contributed by atoms with E-state index in [0.29, 0.717) is 19.3 Å². The molecule has 0 aliphatic heterocycles. The summed E-state index contributed by atoms with van der Waals surface area (Å²) in [6, 6.07) is 6.78. The Balaban J connectivity index is 1.88. The van der Waals surface area contributed by atoms with Crippen LogP contribution in [-0.2, 0) is 16.0 Å². The third-order valence-electron chi connectivity index (χ3n) is 4.02. The van der Waals surface area contributed by atoms with Gasteiger partial charge in [0.25, 0.3) is 0 Å². The fourth-order valence-electron chi connectivity index (χ4n) is 2.52.